The van der Waals surface area contributed by atoms with Gasteiger partial charge < -0.3 is 4.57 Å². The van der Waals surface area contributed by atoms with Gasteiger partial charge in [-0.25, -0.2) is 0 Å². The summed E-state index contributed by atoms with van der Waals surface area (Å²) < 4.78 is 2.38. The second-order valence-corrected chi connectivity index (χ2v) is 8.86. The molecule has 162 valence electrons. The Labute approximate surface area is 200 Å². The largest absolute Gasteiger partial charge is 0.309 e. The average Bonchev–Trinajstić information content (AvgIpc) is 3.23. The van der Waals surface area contributed by atoms with E-state index in [2.05, 4.69) is 139 Å². The third-order valence-corrected chi connectivity index (χ3v) is 6.58. The van der Waals surface area contributed by atoms with Gasteiger partial charge in [-0.3, -0.25) is 0 Å². The minimum Gasteiger partial charge on any atom is -0.309 e. The van der Waals surface area contributed by atoms with Crippen LogP contribution < -0.4 is 0 Å². The number of benzene rings is 5. The molecule has 6 rings (SSSR count). The van der Waals surface area contributed by atoms with Crippen LogP contribution in [0.1, 0.15) is 12.5 Å². The molecule has 0 bridgehead atoms. The molecule has 6 aromatic rings. The lowest BCUT2D eigenvalue weighted by Crippen LogP contribution is -1.95. The molecule has 0 radical (unpaired) electrons. The normalized spacial score (nSPS) is 11.2. The Hall–Kier alpha value is -4.36. The molecule has 0 aliphatic rings. The molecule has 0 aliphatic carbocycles. The maximum absolute atomic E-state index is 4.15. The van der Waals surface area contributed by atoms with Crippen LogP contribution in [0.5, 0.6) is 0 Å². The van der Waals surface area contributed by atoms with Gasteiger partial charge in [0.1, 0.15) is 0 Å². The van der Waals surface area contributed by atoms with Crippen molar-refractivity contribution < 1.29 is 0 Å². The third-order valence-electron chi connectivity index (χ3n) is 6.58. The summed E-state index contributed by atoms with van der Waals surface area (Å²) in [5.74, 6) is 0. The first-order chi connectivity index (χ1) is 16.7. The Balaban J connectivity index is 1.66. The second-order valence-electron chi connectivity index (χ2n) is 8.86. The van der Waals surface area contributed by atoms with Crippen molar-refractivity contribution in [2.24, 2.45) is 0 Å². The minimum atomic E-state index is 1.07. The van der Waals surface area contributed by atoms with Crippen LogP contribution in [0.3, 0.4) is 0 Å². The van der Waals surface area contributed by atoms with Crippen LogP contribution in [0.25, 0.3) is 55.3 Å². The molecule has 0 aliphatic heterocycles. The molecule has 1 heteroatoms. The van der Waals surface area contributed by atoms with Gasteiger partial charge in [-0.1, -0.05) is 97.1 Å². The predicted molar refractivity (Wildman–Crippen MR) is 146 cm³/mol. The number of rotatable bonds is 4. The molecule has 1 heterocycles. The number of nitrogens with zero attached hydrogens (tertiary/aromatic N) is 1. The van der Waals surface area contributed by atoms with Crippen LogP contribution in [0, 0.1) is 0 Å². The van der Waals surface area contributed by atoms with Crippen LogP contribution in [0.2, 0.25) is 0 Å². The SMILES string of the molecule is C=C(C)c1cccc(-n2c3ccc(-c4ccccc4)cc3c3cc(-c4ccccc4)ccc32)c1. The van der Waals surface area contributed by atoms with E-state index in [0.29, 0.717) is 0 Å². The number of aromatic nitrogens is 1. The van der Waals surface area contributed by atoms with Crippen molar-refractivity contribution in [3.05, 3.63) is 133 Å². The molecule has 1 aromatic heterocycles. The summed E-state index contributed by atoms with van der Waals surface area (Å²) >= 11 is 0. The van der Waals surface area contributed by atoms with E-state index in [4.69, 9.17) is 0 Å². The first-order valence-electron chi connectivity index (χ1n) is 11.6. The Morgan fingerprint density at radius 3 is 1.56 bits per heavy atom. The average molecular weight is 436 g/mol. The molecule has 5 aromatic carbocycles. The molecule has 0 spiro atoms. The van der Waals surface area contributed by atoms with Crippen molar-refractivity contribution >= 4 is 27.4 Å². The van der Waals surface area contributed by atoms with Crippen LogP contribution in [-0.2, 0) is 0 Å². The predicted octanol–water partition coefficient (Wildman–Crippen LogP) is 9.15. The van der Waals surface area contributed by atoms with Gasteiger partial charge in [0.25, 0.3) is 0 Å². The summed E-state index contributed by atoms with van der Waals surface area (Å²) in [6.07, 6.45) is 0. The van der Waals surface area contributed by atoms with Crippen LogP contribution >= 0.6 is 0 Å². The van der Waals surface area contributed by atoms with E-state index in [1.165, 1.54) is 44.1 Å². The monoisotopic (exact) mass is 435 g/mol. The molecule has 0 amide bonds. The zero-order chi connectivity index (χ0) is 23.1. The van der Waals surface area contributed by atoms with E-state index in [-0.39, 0.29) is 0 Å². The highest BCUT2D eigenvalue weighted by atomic mass is 15.0. The fraction of sp³-hybridized carbons (Fsp3) is 0.0303. The van der Waals surface area contributed by atoms with Gasteiger partial charge >= 0.3 is 0 Å². The minimum absolute atomic E-state index is 1.07. The fourth-order valence-corrected chi connectivity index (χ4v) is 4.83. The molecular weight excluding hydrogens is 410 g/mol. The molecule has 0 unspecified atom stereocenters. The summed E-state index contributed by atoms with van der Waals surface area (Å²) in [6, 6.07) is 43.5. The van der Waals surface area contributed by atoms with Crippen LogP contribution in [0.4, 0.5) is 0 Å². The molecule has 0 atom stereocenters. The number of allylic oxidation sites excluding steroid dienone is 1. The lowest BCUT2D eigenvalue weighted by atomic mass is 10.0. The van der Waals surface area contributed by atoms with Gasteiger partial charge in [0.15, 0.2) is 0 Å². The summed E-state index contributed by atoms with van der Waals surface area (Å²) in [4.78, 5) is 0. The van der Waals surface area contributed by atoms with Crippen molar-refractivity contribution in [2.75, 3.05) is 0 Å². The van der Waals surface area contributed by atoms with E-state index in [9.17, 15) is 0 Å². The van der Waals surface area contributed by atoms with Gasteiger partial charge in [-0.05, 0) is 71.1 Å². The van der Waals surface area contributed by atoms with Gasteiger partial charge in [0.05, 0.1) is 11.0 Å². The molecule has 34 heavy (non-hydrogen) atoms. The van der Waals surface area contributed by atoms with E-state index in [0.717, 1.165) is 16.8 Å². The molecule has 0 saturated carbocycles. The molecule has 1 nitrogen and oxygen atoms in total. The van der Waals surface area contributed by atoms with Crippen molar-refractivity contribution in [1.29, 1.82) is 0 Å². The van der Waals surface area contributed by atoms with Crippen molar-refractivity contribution in [3.63, 3.8) is 0 Å². The highest BCUT2D eigenvalue weighted by Crippen LogP contribution is 2.37. The zero-order valence-electron chi connectivity index (χ0n) is 19.2. The number of hydrogen-bond acceptors (Lipinski definition) is 0. The highest BCUT2D eigenvalue weighted by molar-refractivity contribution is 6.11. The Kier molecular flexibility index (Phi) is 4.89. The highest BCUT2D eigenvalue weighted by Gasteiger charge is 2.15. The fourth-order valence-electron chi connectivity index (χ4n) is 4.83. The summed E-state index contributed by atoms with van der Waals surface area (Å²) in [7, 11) is 0. The van der Waals surface area contributed by atoms with Crippen molar-refractivity contribution in [1.82, 2.24) is 4.57 Å². The Morgan fingerprint density at radius 1 is 0.529 bits per heavy atom. The van der Waals surface area contributed by atoms with Gasteiger partial charge in [0.2, 0.25) is 0 Å². The maximum atomic E-state index is 4.15. The quantitative estimate of drug-likeness (QED) is 0.260. The van der Waals surface area contributed by atoms with Crippen molar-refractivity contribution in [3.8, 4) is 27.9 Å². The Morgan fingerprint density at radius 2 is 1.06 bits per heavy atom. The van der Waals surface area contributed by atoms with Crippen LogP contribution in [-0.4, -0.2) is 4.57 Å². The molecule has 0 fully saturated rings. The number of fused-ring (bicyclic) bond motifs is 3. The van der Waals surface area contributed by atoms with E-state index in [1.54, 1.807) is 0 Å². The maximum Gasteiger partial charge on any atom is 0.0541 e. The second kappa shape index (κ2) is 8.20. The first kappa shape index (κ1) is 20.3. The summed E-state index contributed by atoms with van der Waals surface area (Å²) in [5.41, 5.74) is 10.7. The first-order valence-corrected chi connectivity index (χ1v) is 11.6. The zero-order valence-corrected chi connectivity index (χ0v) is 19.2. The third kappa shape index (κ3) is 3.43. The van der Waals surface area contributed by atoms with Crippen LogP contribution in [0.15, 0.2) is 128 Å². The summed E-state index contributed by atoms with van der Waals surface area (Å²) in [6.45, 7) is 6.21. The van der Waals surface area contributed by atoms with E-state index in [1.807, 2.05) is 0 Å². The van der Waals surface area contributed by atoms with E-state index < -0.39 is 0 Å². The Bertz CT molecular complexity index is 1560. The van der Waals surface area contributed by atoms with Gasteiger partial charge in [0, 0.05) is 16.5 Å². The van der Waals surface area contributed by atoms with Gasteiger partial charge in [-0.15, -0.1) is 0 Å². The number of hydrogen-bond donors (Lipinski definition) is 0. The lowest BCUT2D eigenvalue weighted by Gasteiger charge is -2.11. The van der Waals surface area contributed by atoms with E-state index >= 15 is 0 Å². The molecular formula is C33H25N. The standard InChI is InChI=1S/C33H25N/c1-23(2)26-14-9-15-29(20-26)34-32-18-16-27(24-10-5-3-6-11-24)21-30(32)31-22-28(17-19-33(31)34)25-12-7-4-8-13-25/h3-22H,1H2,2H3. The summed E-state index contributed by atoms with van der Waals surface area (Å²) in [5, 5.41) is 2.52. The molecule has 0 N–H and O–H groups in total. The molecule has 0 saturated heterocycles. The lowest BCUT2D eigenvalue weighted by molar-refractivity contribution is 1.18. The van der Waals surface area contributed by atoms with Crippen molar-refractivity contribution in [2.45, 2.75) is 6.92 Å². The smallest absolute Gasteiger partial charge is 0.0541 e. The topological polar surface area (TPSA) is 4.93 Å². The van der Waals surface area contributed by atoms with Gasteiger partial charge in [-0.2, -0.15) is 0 Å².